The van der Waals surface area contributed by atoms with Gasteiger partial charge in [0.05, 0.1) is 0 Å². The quantitative estimate of drug-likeness (QED) is 0.865. The standard InChI is InChI=1S/C17H24F2N2O.2ClH/c1-12-2-3-14(18)15(16(12)19)17(13-4-10-22-11-5-13)21-8-6-20-7-9-21;;/h2-3,13,17,20H,4-11H2,1H3;2*1H/t17-;;/m1../s1. The molecule has 0 saturated carbocycles. The van der Waals surface area contributed by atoms with Crippen molar-refractivity contribution in [1.82, 2.24) is 10.2 Å². The molecule has 2 aliphatic rings. The van der Waals surface area contributed by atoms with Gasteiger partial charge in [0.25, 0.3) is 0 Å². The van der Waals surface area contributed by atoms with E-state index in [9.17, 15) is 8.78 Å². The Kier molecular flexibility index (Phi) is 8.88. The van der Waals surface area contributed by atoms with Crippen LogP contribution in [-0.4, -0.2) is 44.3 Å². The molecule has 2 heterocycles. The maximum atomic E-state index is 14.7. The maximum Gasteiger partial charge on any atom is 0.133 e. The highest BCUT2D eigenvalue weighted by Gasteiger charge is 2.35. The fourth-order valence-electron chi connectivity index (χ4n) is 3.66. The number of ether oxygens (including phenoxy) is 1. The Morgan fingerprint density at radius 2 is 1.75 bits per heavy atom. The first-order valence-electron chi connectivity index (χ1n) is 8.15. The van der Waals surface area contributed by atoms with E-state index in [4.69, 9.17) is 4.74 Å². The van der Waals surface area contributed by atoms with Crippen LogP contribution < -0.4 is 5.32 Å². The summed E-state index contributed by atoms with van der Waals surface area (Å²) in [6.45, 7) is 6.47. The number of nitrogens with one attached hydrogen (secondary N) is 1. The number of nitrogens with zero attached hydrogens (tertiary/aromatic N) is 1. The second-order valence-electron chi connectivity index (χ2n) is 6.27. The summed E-state index contributed by atoms with van der Waals surface area (Å²) in [7, 11) is 0. The van der Waals surface area contributed by atoms with Gasteiger partial charge in [0.15, 0.2) is 0 Å². The number of benzene rings is 1. The minimum atomic E-state index is -0.418. The van der Waals surface area contributed by atoms with Gasteiger partial charge in [-0.3, -0.25) is 4.90 Å². The molecule has 2 aliphatic heterocycles. The maximum absolute atomic E-state index is 14.7. The third kappa shape index (κ3) is 4.58. The molecule has 1 N–H and O–H groups in total. The van der Waals surface area contributed by atoms with Crippen LogP contribution in [0.1, 0.15) is 30.0 Å². The molecule has 1 aromatic rings. The summed E-state index contributed by atoms with van der Waals surface area (Å²) >= 11 is 0. The van der Waals surface area contributed by atoms with Crippen LogP contribution in [0.5, 0.6) is 0 Å². The van der Waals surface area contributed by atoms with Gasteiger partial charge in [0.2, 0.25) is 0 Å². The number of hydrogen-bond acceptors (Lipinski definition) is 3. The lowest BCUT2D eigenvalue weighted by Crippen LogP contribution is -2.48. The molecule has 24 heavy (non-hydrogen) atoms. The van der Waals surface area contributed by atoms with Gasteiger partial charge in [-0.15, -0.1) is 24.8 Å². The van der Waals surface area contributed by atoms with Crippen LogP contribution in [0.2, 0.25) is 0 Å². The minimum absolute atomic E-state index is 0. The molecule has 0 radical (unpaired) electrons. The fourth-order valence-corrected chi connectivity index (χ4v) is 3.66. The normalized spacial score (nSPS) is 20.8. The molecule has 0 bridgehead atoms. The molecule has 0 spiro atoms. The lowest BCUT2D eigenvalue weighted by atomic mass is 9.84. The van der Waals surface area contributed by atoms with Crippen LogP contribution >= 0.6 is 24.8 Å². The molecule has 3 nitrogen and oxygen atoms in total. The van der Waals surface area contributed by atoms with E-state index in [1.807, 2.05) is 0 Å². The topological polar surface area (TPSA) is 24.5 Å². The summed E-state index contributed by atoms with van der Waals surface area (Å²) in [5, 5.41) is 3.31. The van der Waals surface area contributed by atoms with Crippen LogP contribution in [0.15, 0.2) is 12.1 Å². The van der Waals surface area contributed by atoms with Crippen molar-refractivity contribution >= 4 is 24.8 Å². The van der Waals surface area contributed by atoms with E-state index >= 15 is 0 Å². The molecule has 0 aromatic heterocycles. The largest absolute Gasteiger partial charge is 0.381 e. The molecule has 3 rings (SSSR count). The van der Waals surface area contributed by atoms with Crippen molar-refractivity contribution in [3.63, 3.8) is 0 Å². The molecule has 2 saturated heterocycles. The monoisotopic (exact) mass is 382 g/mol. The van der Waals surface area contributed by atoms with Crippen molar-refractivity contribution in [3.05, 3.63) is 34.9 Å². The van der Waals surface area contributed by atoms with Gasteiger partial charge in [0.1, 0.15) is 11.6 Å². The first kappa shape index (κ1) is 21.6. The molecule has 1 atom stereocenters. The molecular weight excluding hydrogens is 357 g/mol. The SMILES string of the molecule is Cc1ccc(F)c([C@@H](C2CCOCC2)N2CCNCC2)c1F.Cl.Cl. The fraction of sp³-hybridized carbons (Fsp3) is 0.647. The Balaban J connectivity index is 0.00000144. The minimum Gasteiger partial charge on any atom is -0.381 e. The summed E-state index contributed by atoms with van der Waals surface area (Å²) in [5.41, 5.74) is 0.775. The molecule has 1 aromatic carbocycles. The summed E-state index contributed by atoms with van der Waals surface area (Å²) < 4.78 is 34.6. The van der Waals surface area contributed by atoms with Gasteiger partial charge in [-0.1, -0.05) is 6.07 Å². The van der Waals surface area contributed by atoms with Crippen molar-refractivity contribution in [3.8, 4) is 0 Å². The zero-order valence-corrected chi connectivity index (χ0v) is 15.5. The van der Waals surface area contributed by atoms with Crippen molar-refractivity contribution in [2.24, 2.45) is 5.92 Å². The second-order valence-corrected chi connectivity index (χ2v) is 6.27. The van der Waals surface area contributed by atoms with Crippen molar-refractivity contribution in [2.45, 2.75) is 25.8 Å². The summed E-state index contributed by atoms with van der Waals surface area (Å²) in [6, 6.07) is 2.74. The Morgan fingerprint density at radius 3 is 2.38 bits per heavy atom. The Labute approximate surface area is 154 Å². The third-order valence-electron chi connectivity index (χ3n) is 4.87. The highest BCUT2D eigenvalue weighted by atomic mass is 35.5. The Bertz CT molecular complexity index is 504. The first-order chi connectivity index (χ1) is 10.7. The van der Waals surface area contributed by atoms with Gasteiger partial charge in [0, 0.05) is 51.0 Å². The van der Waals surface area contributed by atoms with Crippen LogP contribution in [0.4, 0.5) is 8.78 Å². The summed E-state index contributed by atoms with van der Waals surface area (Å²) in [4.78, 5) is 2.24. The van der Waals surface area contributed by atoms with E-state index in [0.29, 0.717) is 18.8 Å². The van der Waals surface area contributed by atoms with E-state index in [0.717, 1.165) is 39.0 Å². The molecule has 0 amide bonds. The highest BCUT2D eigenvalue weighted by molar-refractivity contribution is 5.85. The van der Waals surface area contributed by atoms with Gasteiger partial charge >= 0.3 is 0 Å². The van der Waals surface area contributed by atoms with Crippen molar-refractivity contribution in [2.75, 3.05) is 39.4 Å². The van der Waals surface area contributed by atoms with Gasteiger partial charge in [-0.2, -0.15) is 0 Å². The molecule has 7 heteroatoms. The van der Waals surface area contributed by atoms with Crippen LogP contribution in [0.3, 0.4) is 0 Å². The van der Waals surface area contributed by atoms with Crippen LogP contribution in [0, 0.1) is 24.5 Å². The Hall–Kier alpha value is -0.460. The Morgan fingerprint density at radius 1 is 1.12 bits per heavy atom. The predicted molar refractivity (Wildman–Crippen MR) is 96.3 cm³/mol. The molecular formula is C17H26Cl2F2N2O. The summed E-state index contributed by atoms with van der Waals surface area (Å²) in [6.07, 6.45) is 1.73. The van der Waals surface area contributed by atoms with Crippen LogP contribution in [-0.2, 0) is 4.74 Å². The highest BCUT2D eigenvalue weighted by Crippen LogP contribution is 2.38. The number of hydrogen-bond donors (Lipinski definition) is 1. The molecule has 0 unspecified atom stereocenters. The average Bonchev–Trinajstić information content (AvgIpc) is 2.57. The predicted octanol–water partition coefficient (Wildman–Crippen LogP) is 3.49. The average molecular weight is 383 g/mol. The zero-order valence-electron chi connectivity index (χ0n) is 13.9. The lowest BCUT2D eigenvalue weighted by molar-refractivity contribution is 0.0191. The first-order valence-corrected chi connectivity index (χ1v) is 8.15. The second kappa shape index (κ2) is 9.88. The summed E-state index contributed by atoms with van der Waals surface area (Å²) in [5.74, 6) is -0.550. The number of halogens is 4. The van der Waals surface area contributed by atoms with Crippen LogP contribution in [0.25, 0.3) is 0 Å². The lowest BCUT2D eigenvalue weighted by Gasteiger charge is -2.41. The molecule has 0 aliphatic carbocycles. The number of rotatable bonds is 3. The smallest absolute Gasteiger partial charge is 0.133 e. The molecule has 2 fully saturated rings. The third-order valence-corrected chi connectivity index (χ3v) is 4.87. The van der Waals surface area contributed by atoms with Gasteiger partial charge < -0.3 is 10.1 Å². The van der Waals surface area contributed by atoms with E-state index < -0.39 is 5.82 Å². The number of aryl methyl sites for hydroxylation is 1. The van der Waals surface area contributed by atoms with E-state index in [-0.39, 0.29) is 48.2 Å². The van der Waals surface area contributed by atoms with E-state index in [1.54, 1.807) is 6.92 Å². The zero-order chi connectivity index (χ0) is 15.5. The van der Waals surface area contributed by atoms with Gasteiger partial charge in [-0.25, -0.2) is 8.78 Å². The van der Waals surface area contributed by atoms with E-state index in [2.05, 4.69) is 10.2 Å². The molecule has 138 valence electrons. The number of piperazine rings is 1. The van der Waals surface area contributed by atoms with E-state index in [1.165, 1.54) is 12.1 Å². The van der Waals surface area contributed by atoms with Gasteiger partial charge in [-0.05, 0) is 37.3 Å². The van der Waals surface area contributed by atoms with Crippen molar-refractivity contribution < 1.29 is 13.5 Å². The van der Waals surface area contributed by atoms with Crippen molar-refractivity contribution in [1.29, 1.82) is 0 Å².